The monoisotopic (exact) mass is 343 g/mol. The molecule has 5 heteroatoms. The van der Waals surface area contributed by atoms with Crippen molar-refractivity contribution >= 4 is 23.1 Å². The Morgan fingerprint density at radius 1 is 1.21 bits per heavy atom. The van der Waals surface area contributed by atoms with Gasteiger partial charge in [0, 0.05) is 12.7 Å². The molecule has 1 heterocycles. The molecular weight excluding hydrogens is 318 g/mol. The van der Waals surface area contributed by atoms with Crippen LogP contribution >= 0.6 is 12.2 Å². The van der Waals surface area contributed by atoms with Crippen LogP contribution in [0.15, 0.2) is 42.6 Å². The SMILES string of the molecule is Cc1cccnc1NC(=S)NCCCc1ccc(OC(C)C)cc1. The summed E-state index contributed by atoms with van der Waals surface area (Å²) in [6, 6.07) is 12.2. The van der Waals surface area contributed by atoms with Crippen molar-refractivity contribution in [1.29, 1.82) is 0 Å². The number of thiocarbonyl (C=S) groups is 1. The molecule has 0 radical (unpaired) electrons. The molecule has 1 aromatic carbocycles. The first-order chi connectivity index (χ1) is 11.5. The summed E-state index contributed by atoms with van der Waals surface area (Å²) in [6.45, 7) is 6.89. The van der Waals surface area contributed by atoms with Crippen LogP contribution in [0.25, 0.3) is 0 Å². The van der Waals surface area contributed by atoms with E-state index >= 15 is 0 Å². The molecule has 0 fully saturated rings. The van der Waals surface area contributed by atoms with Crippen LogP contribution in [0.2, 0.25) is 0 Å². The first-order valence-electron chi connectivity index (χ1n) is 8.26. The van der Waals surface area contributed by atoms with Crippen molar-refractivity contribution < 1.29 is 4.74 Å². The molecule has 1 aromatic heterocycles. The second-order valence-corrected chi connectivity index (χ2v) is 6.37. The quantitative estimate of drug-likeness (QED) is 0.585. The number of anilines is 1. The number of hydrogen-bond donors (Lipinski definition) is 2. The van der Waals surface area contributed by atoms with Gasteiger partial charge >= 0.3 is 0 Å². The third kappa shape index (κ3) is 6.16. The molecule has 0 bridgehead atoms. The number of hydrogen-bond acceptors (Lipinski definition) is 3. The molecule has 128 valence electrons. The van der Waals surface area contributed by atoms with Gasteiger partial charge in [0.2, 0.25) is 0 Å². The topological polar surface area (TPSA) is 46.2 Å². The first-order valence-corrected chi connectivity index (χ1v) is 8.67. The Balaban J connectivity index is 1.69. The molecular formula is C19H25N3OS. The van der Waals surface area contributed by atoms with E-state index in [0.717, 1.165) is 36.5 Å². The fraction of sp³-hybridized carbons (Fsp3) is 0.368. The molecule has 0 aliphatic heterocycles. The molecule has 2 aromatic rings. The summed E-state index contributed by atoms with van der Waals surface area (Å²) >= 11 is 5.30. The van der Waals surface area contributed by atoms with Crippen molar-refractivity contribution in [2.75, 3.05) is 11.9 Å². The van der Waals surface area contributed by atoms with Gasteiger partial charge in [0.15, 0.2) is 5.11 Å². The van der Waals surface area contributed by atoms with E-state index in [1.54, 1.807) is 6.20 Å². The zero-order valence-electron chi connectivity index (χ0n) is 14.5. The van der Waals surface area contributed by atoms with Crippen LogP contribution in [0.4, 0.5) is 5.82 Å². The first kappa shape index (κ1) is 18.2. The largest absolute Gasteiger partial charge is 0.491 e. The zero-order chi connectivity index (χ0) is 17.4. The fourth-order valence-electron chi connectivity index (χ4n) is 2.27. The van der Waals surface area contributed by atoms with Gasteiger partial charge in [0.05, 0.1) is 6.10 Å². The number of benzene rings is 1. The van der Waals surface area contributed by atoms with Crippen LogP contribution in [-0.4, -0.2) is 22.7 Å². The second kappa shape index (κ2) is 9.23. The minimum absolute atomic E-state index is 0.205. The summed E-state index contributed by atoms with van der Waals surface area (Å²) < 4.78 is 5.65. The lowest BCUT2D eigenvalue weighted by atomic mass is 10.1. The third-order valence-electron chi connectivity index (χ3n) is 3.46. The Kier molecular flexibility index (Phi) is 7.00. The highest BCUT2D eigenvalue weighted by Gasteiger charge is 2.02. The van der Waals surface area contributed by atoms with Gasteiger partial charge in [-0.15, -0.1) is 0 Å². The van der Waals surface area contributed by atoms with Crippen molar-refractivity contribution in [2.45, 2.75) is 39.7 Å². The maximum atomic E-state index is 5.65. The summed E-state index contributed by atoms with van der Waals surface area (Å²) in [5.41, 5.74) is 2.37. The van der Waals surface area contributed by atoms with Gasteiger partial charge < -0.3 is 15.4 Å². The molecule has 2 N–H and O–H groups in total. The van der Waals surface area contributed by atoms with E-state index in [1.165, 1.54) is 5.56 Å². The Bertz CT molecular complexity index is 656. The number of aryl methyl sites for hydroxylation is 2. The molecule has 0 atom stereocenters. The molecule has 0 saturated carbocycles. The van der Waals surface area contributed by atoms with Crippen molar-refractivity contribution in [3.8, 4) is 5.75 Å². The predicted molar refractivity (Wildman–Crippen MR) is 104 cm³/mol. The van der Waals surface area contributed by atoms with E-state index in [0.29, 0.717) is 5.11 Å². The molecule has 0 aliphatic carbocycles. The molecule has 0 unspecified atom stereocenters. The lowest BCUT2D eigenvalue weighted by Gasteiger charge is -2.12. The van der Waals surface area contributed by atoms with E-state index < -0.39 is 0 Å². The average molecular weight is 343 g/mol. The predicted octanol–water partition coefficient (Wildman–Crippen LogP) is 4.10. The van der Waals surface area contributed by atoms with Gasteiger partial charge in [0.1, 0.15) is 11.6 Å². The summed E-state index contributed by atoms with van der Waals surface area (Å²) in [5.74, 6) is 1.72. The van der Waals surface area contributed by atoms with E-state index in [9.17, 15) is 0 Å². The van der Waals surface area contributed by atoms with Gasteiger partial charge in [-0.05, 0) is 75.2 Å². The number of rotatable bonds is 7. The smallest absolute Gasteiger partial charge is 0.171 e. The minimum Gasteiger partial charge on any atom is -0.491 e. The molecule has 24 heavy (non-hydrogen) atoms. The minimum atomic E-state index is 0.205. The highest BCUT2D eigenvalue weighted by molar-refractivity contribution is 7.80. The highest BCUT2D eigenvalue weighted by Crippen LogP contribution is 2.14. The lowest BCUT2D eigenvalue weighted by molar-refractivity contribution is 0.242. The van der Waals surface area contributed by atoms with Crippen LogP contribution in [0.1, 0.15) is 31.4 Å². The average Bonchev–Trinajstić information content (AvgIpc) is 2.55. The summed E-state index contributed by atoms with van der Waals surface area (Å²) in [4.78, 5) is 4.27. The van der Waals surface area contributed by atoms with Crippen LogP contribution < -0.4 is 15.4 Å². The van der Waals surface area contributed by atoms with Crippen LogP contribution in [0, 0.1) is 6.92 Å². The molecule has 2 rings (SSSR count). The van der Waals surface area contributed by atoms with E-state index in [2.05, 4.69) is 27.8 Å². The molecule has 0 aliphatic rings. The van der Waals surface area contributed by atoms with Crippen LogP contribution in [0.3, 0.4) is 0 Å². The van der Waals surface area contributed by atoms with Crippen molar-refractivity contribution in [3.05, 3.63) is 53.7 Å². The van der Waals surface area contributed by atoms with Gasteiger partial charge in [-0.1, -0.05) is 18.2 Å². The number of nitrogens with one attached hydrogen (secondary N) is 2. The number of ether oxygens (including phenoxy) is 1. The lowest BCUT2D eigenvalue weighted by Crippen LogP contribution is -2.30. The Labute approximate surface area is 149 Å². The summed E-state index contributed by atoms with van der Waals surface area (Å²) in [6.07, 6.45) is 3.97. The summed E-state index contributed by atoms with van der Waals surface area (Å²) in [5, 5.41) is 6.96. The maximum Gasteiger partial charge on any atom is 0.171 e. The fourth-order valence-corrected chi connectivity index (χ4v) is 2.47. The van der Waals surface area contributed by atoms with Gasteiger partial charge in [-0.3, -0.25) is 0 Å². The number of aromatic nitrogens is 1. The molecule has 0 saturated heterocycles. The normalized spacial score (nSPS) is 10.5. The zero-order valence-corrected chi connectivity index (χ0v) is 15.3. The van der Waals surface area contributed by atoms with Gasteiger partial charge in [-0.2, -0.15) is 0 Å². The van der Waals surface area contributed by atoms with E-state index in [-0.39, 0.29) is 6.10 Å². The number of nitrogens with zero attached hydrogens (tertiary/aromatic N) is 1. The summed E-state index contributed by atoms with van der Waals surface area (Å²) in [7, 11) is 0. The standard InChI is InChI=1S/C19H25N3OS/c1-14(2)23-17-10-8-16(9-11-17)7-5-13-21-19(24)22-18-15(3)6-4-12-20-18/h4,6,8-12,14H,5,7,13H2,1-3H3,(H2,20,21,22,24). The molecule has 0 amide bonds. The van der Waals surface area contributed by atoms with Crippen molar-refractivity contribution in [1.82, 2.24) is 10.3 Å². The van der Waals surface area contributed by atoms with Crippen LogP contribution in [0.5, 0.6) is 5.75 Å². The van der Waals surface area contributed by atoms with E-state index in [1.807, 2.05) is 45.0 Å². The second-order valence-electron chi connectivity index (χ2n) is 5.96. The molecule has 0 spiro atoms. The van der Waals surface area contributed by atoms with Crippen molar-refractivity contribution in [2.24, 2.45) is 0 Å². The maximum absolute atomic E-state index is 5.65. The van der Waals surface area contributed by atoms with E-state index in [4.69, 9.17) is 17.0 Å². The van der Waals surface area contributed by atoms with Gasteiger partial charge in [0.25, 0.3) is 0 Å². The number of pyridine rings is 1. The molecule has 4 nitrogen and oxygen atoms in total. The third-order valence-corrected chi connectivity index (χ3v) is 3.71. The Morgan fingerprint density at radius 3 is 2.62 bits per heavy atom. The highest BCUT2D eigenvalue weighted by atomic mass is 32.1. The van der Waals surface area contributed by atoms with Crippen molar-refractivity contribution in [3.63, 3.8) is 0 Å². The van der Waals surface area contributed by atoms with Gasteiger partial charge in [-0.25, -0.2) is 4.98 Å². The van der Waals surface area contributed by atoms with Crippen LogP contribution in [-0.2, 0) is 6.42 Å². The Hall–Kier alpha value is -2.14. The Morgan fingerprint density at radius 2 is 1.96 bits per heavy atom.